The maximum absolute atomic E-state index is 13.0. The van der Waals surface area contributed by atoms with Crippen LogP contribution in [0.2, 0.25) is 0 Å². The van der Waals surface area contributed by atoms with E-state index in [1.54, 1.807) is 12.1 Å². The lowest BCUT2D eigenvalue weighted by Crippen LogP contribution is -2.40. The first-order chi connectivity index (χ1) is 13.0. The molecule has 0 fully saturated rings. The minimum Gasteiger partial charge on any atom is -0.297 e. The fraction of sp³-hybridized carbons (Fsp3) is 0.368. The minimum atomic E-state index is -0.336. The quantitative estimate of drug-likeness (QED) is 0.704. The van der Waals surface area contributed by atoms with Crippen LogP contribution in [0.4, 0.5) is 5.95 Å². The standard InChI is InChI=1S/C19H22N6O2/c1-4-10-23-17(26)15-16(22(3)19(23)27)20-18-24(15)11-13(2)21-25(18)12-14-8-6-5-7-9-14/h5-9H,4,10-12H2,1-3H3. The van der Waals surface area contributed by atoms with Gasteiger partial charge in [0.05, 0.1) is 18.8 Å². The van der Waals surface area contributed by atoms with Gasteiger partial charge in [-0.2, -0.15) is 10.1 Å². The maximum Gasteiger partial charge on any atom is 0.332 e. The first-order valence-corrected chi connectivity index (χ1v) is 9.07. The lowest BCUT2D eigenvalue weighted by atomic mass is 10.2. The van der Waals surface area contributed by atoms with Crippen molar-refractivity contribution in [2.24, 2.45) is 12.1 Å². The third-order valence-corrected chi connectivity index (χ3v) is 4.74. The van der Waals surface area contributed by atoms with Gasteiger partial charge in [-0.15, -0.1) is 0 Å². The van der Waals surface area contributed by atoms with Crippen LogP contribution in [0.15, 0.2) is 45.0 Å². The molecule has 0 unspecified atom stereocenters. The van der Waals surface area contributed by atoms with Gasteiger partial charge in [0.15, 0.2) is 11.2 Å². The SMILES string of the molecule is CCCn1c(=O)c2c(nc3n2CC(C)=NN3Cc2ccccc2)n(C)c1=O. The van der Waals surface area contributed by atoms with Crippen LogP contribution in [0.25, 0.3) is 11.2 Å². The van der Waals surface area contributed by atoms with Crippen molar-refractivity contribution >= 4 is 22.8 Å². The molecule has 3 aromatic rings. The van der Waals surface area contributed by atoms with Gasteiger partial charge in [-0.3, -0.25) is 18.5 Å². The molecule has 1 aromatic carbocycles. The van der Waals surface area contributed by atoms with Crippen LogP contribution >= 0.6 is 0 Å². The van der Waals surface area contributed by atoms with Gasteiger partial charge in [0, 0.05) is 13.6 Å². The Morgan fingerprint density at radius 1 is 1.15 bits per heavy atom. The minimum absolute atomic E-state index is 0.289. The fourth-order valence-electron chi connectivity index (χ4n) is 3.50. The first kappa shape index (κ1) is 17.3. The average Bonchev–Trinajstić information content (AvgIpc) is 3.04. The third-order valence-electron chi connectivity index (χ3n) is 4.74. The highest BCUT2D eigenvalue weighted by molar-refractivity contribution is 5.87. The zero-order chi connectivity index (χ0) is 19.1. The summed E-state index contributed by atoms with van der Waals surface area (Å²) in [4.78, 5) is 30.2. The molecule has 0 N–H and O–H groups in total. The van der Waals surface area contributed by atoms with Crippen molar-refractivity contribution in [1.29, 1.82) is 0 Å². The number of rotatable bonds is 4. The number of hydrogen-bond acceptors (Lipinski definition) is 5. The molecule has 8 nitrogen and oxygen atoms in total. The van der Waals surface area contributed by atoms with Crippen LogP contribution in [0, 0.1) is 0 Å². The summed E-state index contributed by atoms with van der Waals surface area (Å²) in [5.41, 5.74) is 2.20. The largest absolute Gasteiger partial charge is 0.332 e. The summed E-state index contributed by atoms with van der Waals surface area (Å²) in [5.74, 6) is 0.584. The number of hydrazone groups is 1. The second-order valence-corrected chi connectivity index (χ2v) is 6.85. The Bertz CT molecular complexity index is 1150. The molecule has 0 atom stereocenters. The molecule has 0 spiro atoms. The molecule has 140 valence electrons. The Balaban J connectivity index is 1.93. The highest BCUT2D eigenvalue weighted by Crippen LogP contribution is 2.25. The van der Waals surface area contributed by atoms with Crippen molar-refractivity contribution in [2.75, 3.05) is 5.01 Å². The van der Waals surface area contributed by atoms with E-state index < -0.39 is 0 Å². The summed E-state index contributed by atoms with van der Waals surface area (Å²) in [6.07, 6.45) is 0.711. The lowest BCUT2D eigenvalue weighted by Gasteiger charge is -2.24. The molecule has 1 aliphatic rings. The van der Waals surface area contributed by atoms with E-state index in [-0.39, 0.29) is 11.2 Å². The molecule has 0 aliphatic carbocycles. The van der Waals surface area contributed by atoms with Crippen LogP contribution in [-0.2, 0) is 26.7 Å². The van der Waals surface area contributed by atoms with Gasteiger partial charge in [0.1, 0.15) is 0 Å². The molecule has 8 heteroatoms. The zero-order valence-corrected chi connectivity index (χ0v) is 15.7. The smallest absolute Gasteiger partial charge is 0.297 e. The summed E-state index contributed by atoms with van der Waals surface area (Å²) in [6.45, 7) is 5.29. The molecule has 0 amide bonds. The average molecular weight is 366 g/mol. The predicted molar refractivity (Wildman–Crippen MR) is 105 cm³/mol. The van der Waals surface area contributed by atoms with E-state index in [9.17, 15) is 9.59 Å². The molecule has 3 heterocycles. The maximum atomic E-state index is 13.0. The summed E-state index contributed by atoms with van der Waals surface area (Å²) in [7, 11) is 1.66. The molecule has 2 aromatic heterocycles. The van der Waals surface area contributed by atoms with Crippen LogP contribution in [0.5, 0.6) is 0 Å². The van der Waals surface area contributed by atoms with Gasteiger partial charge in [-0.25, -0.2) is 9.80 Å². The predicted octanol–water partition coefficient (Wildman–Crippen LogP) is 1.70. The van der Waals surface area contributed by atoms with E-state index in [0.717, 1.165) is 11.3 Å². The Hall–Kier alpha value is -3.16. The third kappa shape index (κ3) is 2.77. The summed E-state index contributed by atoms with van der Waals surface area (Å²) >= 11 is 0. The van der Waals surface area contributed by atoms with Crippen molar-refractivity contribution in [3.05, 3.63) is 56.7 Å². The van der Waals surface area contributed by atoms with Gasteiger partial charge >= 0.3 is 5.69 Å². The van der Waals surface area contributed by atoms with Crippen LogP contribution < -0.4 is 16.3 Å². The summed E-state index contributed by atoms with van der Waals surface area (Å²) in [6, 6.07) is 9.97. The Morgan fingerprint density at radius 3 is 2.59 bits per heavy atom. The molecular formula is C19H22N6O2. The van der Waals surface area contributed by atoms with Crippen molar-refractivity contribution in [3.8, 4) is 0 Å². The van der Waals surface area contributed by atoms with E-state index in [1.807, 2.05) is 48.7 Å². The monoisotopic (exact) mass is 366 g/mol. The van der Waals surface area contributed by atoms with Gasteiger partial charge in [-0.1, -0.05) is 37.3 Å². The second kappa shape index (κ2) is 6.53. The van der Waals surface area contributed by atoms with E-state index in [2.05, 4.69) is 10.1 Å². The van der Waals surface area contributed by atoms with Crippen molar-refractivity contribution in [3.63, 3.8) is 0 Å². The number of anilines is 1. The van der Waals surface area contributed by atoms with E-state index in [4.69, 9.17) is 0 Å². The molecule has 1 aliphatic heterocycles. The Morgan fingerprint density at radius 2 is 1.89 bits per heavy atom. The Kier molecular flexibility index (Phi) is 4.18. The van der Waals surface area contributed by atoms with Gasteiger partial charge in [0.25, 0.3) is 5.56 Å². The fourth-order valence-corrected chi connectivity index (χ4v) is 3.50. The molecule has 0 saturated carbocycles. The number of aryl methyl sites for hydroxylation is 1. The molecular weight excluding hydrogens is 344 g/mol. The first-order valence-electron chi connectivity index (χ1n) is 9.07. The van der Waals surface area contributed by atoms with Crippen molar-refractivity contribution in [2.45, 2.75) is 39.9 Å². The lowest BCUT2D eigenvalue weighted by molar-refractivity contribution is 0.590. The summed E-state index contributed by atoms with van der Waals surface area (Å²) < 4.78 is 4.61. The highest BCUT2D eigenvalue weighted by atomic mass is 16.2. The zero-order valence-electron chi connectivity index (χ0n) is 15.7. The topological polar surface area (TPSA) is 77.4 Å². The van der Waals surface area contributed by atoms with Crippen molar-refractivity contribution < 1.29 is 0 Å². The van der Waals surface area contributed by atoms with Crippen LogP contribution in [0.1, 0.15) is 25.8 Å². The molecule has 0 radical (unpaired) electrons. The Labute approximate surface area is 156 Å². The number of imidazole rings is 1. The van der Waals surface area contributed by atoms with E-state index in [0.29, 0.717) is 43.2 Å². The van der Waals surface area contributed by atoms with Gasteiger partial charge in [0.2, 0.25) is 5.95 Å². The van der Waals surface area contributed by atoms with Gasteiger partial charge in [-0.05, 0) is 18.9 Å². The van der Waals surface area contributed by atoms with E-state index >= 15 is 0 Å². The molecule has 0 bridgehead atoms. The molecule has 4 rings (SSSR count). The summed E-state index contributed by atoms with van der Waals surface area (Å²) in [5, 5.41) is 6.42. The number of aromatic nitrogens is 4. The normalized spacial score (nSPS) is 13.7. The second-order valence-electron chi connectivity index (χ2n) is 6.85. The number of nitrogens with zero attached hydrogens (tertiary/aromatic N) is 6. The number of hydrogen-bond donors (Lipinski definition) is 0. The number of fused-ring (bicyclic) bond motifs is 3. The molecule has 0 saturated heterocycles. The highest BCUT2D eigenvalue weighted by Gasteiger charge is 2.26. The van der Waals surface area contributed by atoms with Gasteiger partial charge < -0.3 is 0 Å². The van der Waals surface area contributed by atoms with E-state index in [1.165, 1.54) is 9.13 Å². The van der Waals surface area contributed by atoms with Crippen molar-refractivity contribution in [1.82, 2.24) is 18.7 Å². The van der Waals surface area contributed by atoms with Crippen LogP contribution in [-0.4, -0.2) is 24.4 Å². The van der Waals surface area contributed by atoms with Crippen LogP contribution in [0.3, 0.4) is 0 Å². The number of benzene rings is 1. The molecule has 27 heavy (non-hydrogen) atoms.